The van der Waals surface area contributed by atoms with Crippen LogP contribution >= 0.6 is 35.5 Å². The third kappa shape index (κ3) is 8.56. The lowest BCUT2D eigenvalue weighted by Crippen LogP contribution is -2.40. The summed E-state index contributed by atoms with van der Waals surface area (Å²) in [5, 5.41) is 27.1. The first-order chi connectivity index (χ1) is 17.4. The predicted molar refractivity (Wildman–Crippen MR) is 127 cm³/mol. The van der Waals surface area contributed by atoms with Gasteiger partial charge in [-0.25, -0.2) is 22.4 Å². The molecule has 0 spiro atoms. The summed E-state index contributed by atoms with van der Waals surface area (Å²) in [5.74, 6) is -4.53. The number of ether oxygens (including phenoxy) is 1. The van der Waals surface area contributed by atoms with Crippen LogP contribution in [0.15, 0.2) is 46.2 Å². The van der Waals surface area contributed by atoms with Crippen LogP contribution in [-0.4, -0.2) is 70.3 Å². The van der Waals surface area contributed by atoms with E-state index in [1.807, 2.05) is 0 Å². The molecule has 2 heterocycles. The molecule has 17 heteroatoms. The van der Waals surface area contributed by atoms with Gasteiger partial charge in [-0.15, -0.1) is 5.10 Å². The number of nitrogens with zero attached hydrogens (tertiary/aromatic N) is 4. The number of phosphoric ester groups is 1. The normalized spacial score (nSPS) is 15.4. The first-order valence-corrected chi connectivity index (χ1v) is 13.6. The van der Waals surface area contributed by atoms with Crippen molar-refractivity contribution in [2.45, 2.75) is 42.1 Å². The summed E-state index contributed by atoms with van der Waals surface area (Å²) in [6.45, 7) is 0.331. The minimum Gasteiger partial charge on any atom is -0.394 e. The molecule has 37 heavy (non-hydrogen) atoms. The lowest BCUT2D eigenvalue weighted by atomic mass is 10.1. The largest absolute Gasteiger partial charge is 0.470 e. The average Bonchev–Trinajstić information content (AvgIpc) is 3.27. The van der Waals surface area contributed by atoms with Gasteiger partial charge in [0.25, 0.3) is 0 Å². The highest BCUT2D eigenvalue weighted by Gasteiger charge is 2.35. The van der Waals surface area contributed by atoms with E-state index in [0.29, 0.717) is 21.5 Å². The third-order valence-corrected chi connectivity index (χ3v) is 6.84. The number of pyridine rings is 1. The Hall–Kier alpha value is -1.88. The van der Waals surface area contributed by atoms with Crippen molar-refractivity contribution in [1.29, 1.82) is 0 Å². The fraction of sp³-hybridized carbons (Fsp3) is 0.350. The zero-order valence-electron chi connectivity index (χ0n) is 18.9. The number of aliphatic hydroxyl groups excluding tert-OH is 2. The number of rotatable bonds is 12. The second-order valence-electron chi connectivity index (χ2n) is 7.64. The second kappa shape index (κ2) is 12.8. The van der Waals surface area contributed by atoms with Gasteiger partial charge >= 0.3 is 7.82 Å². The Morgan fingerprint density at radius 1 is 1.16 bits per heavy atom. The first-order valence-electron chi connectivity index (χ1n) is 10.4. The molecular formula is C20H21BrF3N4O7PS. The van der Waals surface area contributed by atoms with Crippen molar-refractivity contribution < 1.29 is 47.0 Å². The van der Waals surface area contributed by atoms with Gasteiger partial charge in [-0.1, -0.05) is 17.0 Å². The van der Waals surface area contributed by atoms with Gasteiger partial charge in [0.2, 0.25) is 0 Å². The van der Waals surface area contributed by atoms with Gasteiger partial charge in [-0.05, 0) is 41.1 Å². The molecule has 2 aromatic heterocycles. The SMILES string of the molecule is C[C@@H](O)C(CO)OC(Sc1cncc(Br)c1)[C@H](Cn1cc(-c2cc(F)c(F)c(F)c2)nn1)OP(=O)(O)O. The van der Waals surface area contributed by atoms with E-state index in [-0.39, 0.29) is 11.3 Å². The fourth-order valence-electron chi connectivity index (χ4n) is 3.02. The first kappa shape index (κ1) is 29.7. The Morgan fingerprint density at radius 2 is 1.84 bits per heavy atom. The summed E-state index contributed by atoms with van der Waals surface area (Å²) in [5.41, 5.74) is -1.44. The highest BCUT2D eigenvalue weighted by Crippen LogP contribution is 2.42. The molecule has 3 aromatic rings. The van der Waals surface area contributed by atoms with Crippen LogP contribution in [0.3, 0.4) is 0 Å². The molecule has 2 unspecified atom stereocenters. The quantitative estimate of drug-likeness (QED) is 0.101. The molecule has 202 valence electrons. The Labute approximate surface area is 221 Å². The minimum atomic E-state index is -5.12. The highest BCUT2D eigenvalue weighted by molar-refractivity contribution is 9.10. The topological polar surface area (TPSA) is 160 Å². The standard InChI is InChI=1S/C20H21BrF3N4O7PS/c1-10(30)18(9-29)34-20(37-13-4-12(21)5-25-6-13)17(35-36(31,32)33)8-28-7-16(26-27-28)11-2-14(22)19(24)15(23)3-11/h2-7,10,17-18,20,29-30H,8-9H2,1H3,(H2,31,32,33)/t10-,17+,18?,20?/m1/s1. The van der Waals surface area contributed by atoms with Crippen molar-refractivity contribution in [1.82, 2.24) is 20.0 Å². The molecule has 4 atom stereocenters. The van der Waals surface area contributed by atoms with E-state index in [2.05, 4.69) is 31.2 Å². The highest BCUT2D eigenvalue weighted by atomic mass is 79.9. The third-order valence-electron chi connectivity index (χ3n) is 4.72. The molecule has 0 saturated heterocycles. The molecule has 0 aliphatic heterocycles. The smallest absolute Gasteiger partial charge is 0.394 e. The van der Waals surface area contributed by atoms with E-state index in [1.165, 1.54) is 25.5 Å². The molecular weight excluding hydrogens is 608 g/mol. The Kier molecular flexibility index (Phi) is 10.2. The second-order valence-corrected chi connectivity index (χ2v) is 10.9. The maximum atomic E-state index is 13.6. The molecule has 11 nitrogen and oxygen atoms in total. The summed E-state index contributed by atoms with van der Waals surface area (Å²) in [6, 6.07) is 3.07. The van der Waals surface area contributed by atoms with E-state index in [4.69, 9.17) is 9.26 Å². The van der Waals surface area contributed by atoms with Gasteiger partial charge < -0.3 is 24.7 Å². The summed E-state index contributed by atoms with van der Waals surface area (Å²) >= 11 is 4.20. The molecule has 0 radical (unpaired) electrons. The van der Waals surface area contributed by atoms with Gasteiger partial charge in [-0.3, -0.25) is 9.51 Å². The number of aliphatic hydroxyl groups is 2. The number of hydrogen-bond donors (Lipinski definition) is 4. The molecule has 1 aromatic carbocycles. The molecule has 3 rings (SSSR count). The van der Waals surface area contributed by atoms with Gasteiger partial charge in [0, 0.05) is 27.3 Å². The minimum absolute atomic E-state index is 0.0637. The lowest BCUT2D eigenvalue weighted by Gasteiger charge is -2.30. The number of hydrogen-bond acceptors (Lipinski definition) is 9. The maximum absolute atomic E-state index is 13.6. The summed E-state index contributed by atoms with van der Waals surface area (Å²) in [7, 11) is -5.12. The Bertz CT molecular complexity index is 1250. The lowest BCUT2D eigenvalue weighted by molar-refractivity contribution is -0.0955. The molecule has 0 fully saturated rings. The predicted octanol–water partition coefficient (Wildman–Crippen LogP) is 2.87. The summed E-state index contributed by atoms with van der Waals surface area (Å²) in [6.07, 6.45) is 0.370. The van der Waals surface area contributed by atoms with Crippen LogP contribution in [0.5, 0.6) is 0 Å². The van der Waals surface area contributed by atoms with Crippen LogP contribution in [-0.2, 0) is 20.4 Å². The van der Waals surface area contributed by atoms with E-state index in [9.17, 15) is 37.7 Å². The summed E-state index contributed by atoms with van der Waals surface area (Å²) in [4.78, 5) is 23.6. The molecule has 4 N–H and O–H groups in total. The molecule has 0 saturated carbocycles. The van der Waals surface area contributed by atoms with Crippen molar-refractivity contribution >= 4 is 35.5 Å². The van der Waals surface area contributed by atoms with Crippen LogP contribution < -0.4 is 0 Å². The molecule has 0 aliphatic rings. The van der Waals surface area contributed by atoms with Crippen LogP contribution in [0, 0.1) is 17.5 Å². The van der Waals surface area contributed by atoms with Gasteiger partial charge in [-0.2, -0.15) is 0 Å². The number of halogens is 4. The average molecular weight is 629 g/mol. The zero-order valence-corrected chi connectivity index (χ0v) is 22.2. The Balaban J connectivity index is 1.95. The van der Waals surface area contributed by atoms with Crippen LogP contribution in [0.1, 0.15) is 6.92 Å². The van der Waals surface area contributed by atoms with Gasteiger partial charge in [0.1, 0.15) is 23.3 Å². The monoisotopic (exact) mass is 628 g/mol. The number of benzene rings is 1. The number of thioether (sulfide) groups is 1. The van der Waals surface area contributed by atoms with Crippen molar-refractivity contribution in [3.8, 4) is 11.3 Å². The van der Waals surface area contributed by atoms with Crippen molar-refractivity contribution in [2.24, 2.45) is 0 Å². The van der Waals surface area contributed by atoms with E-state index in [1.54, 1.807) is 6.07 Å². The fourth-order valence-corrected chi connectivity index (χ4v) is 5.22. The zero-order chi connectivity index (χ0) is 27.3. The van der Waals surface area contributed by atoms with Gasteiger partial charge in [0.05, 0.1) is 25.5 Å². The van der Waals surface area contributed by atoms with E-state index >= 15 is 0 Å². The van der Waals surface area contributed by atoms with Gasteiger partial charge in [0.15, 0.2) is 17.5 Å². The van der Waals surface area contributed by atoms with Crippen molar-refractivity contribution in [3.05, 3.63) is 58.7 Å². The Morgan fingerprint density at radius 3 is 2.41 bits per heavy atom. The number of phosphoric acid groups is 1. The maximum Gasteiger partial charge on any atom is 0.470 e. The van der Waals surface area contributed by atoms with E-state index in [0.717, 1.165) is 16.4 Å². The molecule has 0 amide bonds. The van der Waals surface area contributed by atoms with Crippen LogP contribution in [0.25, 0.3) is 11.3 Å². The molecule has 0 bridgehead atoms. The van der Waals surface area contributed by atoms with Crippen LogP contribution in [0.2, 0.25) is 0 Å². The number of aromatic nitrogens is 4. The van der Waals surface area contributed by atoms with E-state index < -0.39 is 62.2 Å². The van der Waals surface area contributed by atoms with Crippen molar-refractivity contribution in [3.63, 3.8) is 0 Å². The van der Waals surface area contributed by atoms with Crippen LogP contribution in [0.4, 0.5) is 13.2 Å². The summed E-state index contributed by atoms with van der Waals surface area (Å²) < 4.78 is 64.8. The van der Waals surface area contributed by atoms with Crippen molar-refractivity contribution in [2.75, 3.05) is 6.61 Å². The molecule has 0 aliphatic carbocycles.